The second-order valence-electron chi connectivity index (χ2n) is 8.89. The van der Waals surface area contributed by atoms with Gasteiger partial charge in [0.05, 0.1) is 10.5 Å². The molecular weight excluding hydrogens is 549 g/mol. The lowest BCUT2D eigenvalue weighted by Crippen LogP contribution is -2.44. The average molecular weight is 579 g/mol. The number of hydrogen-bond donors (Lipinski definition) is 4. The lowest BCUT2D eigenvalue weighted by atomic mass is 10.1. The summed E-state index contributed by atoms with van der Waals surface area (Å²) in [6, 6.07) is 9.68. The third-order valence-electron chi connectivity index (χ3n) is 5.32. The van der Waals surface area contributed by atoms with Crippen LogP contribution in [0.25, 0.3) is 0 Å². The number of carbonyl (C=O) groups is 2. The number of benzene rings is 2. The van der Waals surface area contributed by atoms with Crippen molar-refractivity contribution in [1.82, 2.24) is 10.6 Å². The van der Waals surface area contributed by atoms with E-state index in [4.69, 9.17) is 21.5 Å². The number of carboxylic acids is 1. The second kappa shape index (κ2) is 13.2. The quantitative estimate of drug-likeness (QED) is 0.393. The maximum absolute atomic E-state index is 12.9. The van der Waals surface area contributed by atoms with Gasteiger partial charge in [0.1, 0.15) is 0 Å². The van der Waals surface area contributed by atoms with Gasteiger partial charge in [-0.15, -0.1) is 0 Å². The molecule has 3 rings (SSSR count). The number of hydrogen-bond acceptors (Lipinski definition) is 6. The number of carbonyl (C=O) groups excluding carboxylic acids is 1. The van der Waals surface area contributed by atoms with Crippen LogP contribution in [0.15, 0.2) is 41.3 Å². The summed E-state index contributed by atoms with van der Waals surface area (Å²) in [6.07, 6.45) is -5.08. The van der Waals surface area contributed by atoms with E-state index in [0.717, 1.165) is 37.4 Å². The van der Waals surface area contributed by atoms with Gasteiger partial charge in [0.25, 0.3) is 15.9 Å². The fourth-order valence-electron chi connectivity index (χ4n) is 3.31. The number of nitrogens with zero attached hydrogens (tertiary/aromatic N) is 1. The molecule has 1 aliphatic heterocycles. The Morgan fingerprint density at radius 2 is 1.74 bits per heavy atom. The molecule has 0 spiro atoms. The highest BCUT2D eigenvalue weighted by atomic mass is 35.5. The zero-order valence-corrected chi connectivity index (χ0v) is 22.6. The van der Waals surface area contributed by atoms with Crippen molar-refractivity contribution >= 4 is 44.9 Å². The standard InChI is InChI=1S/C22H29ClN4O3S.C2HF3O2/c1-15(2)14-25-22(28)19-12-17(5-7-21(19)27-10-8-24-9-11-27)26-31(29,30)18-6-4-16(3)20(23)13-18;3-2(4,5)1(6)7/h4-7,12-13,15,24,26H,8-11,14H2,1-3H3,(H,25,28);(H,6,7). The van der Waals surface area contributed by atoms with Crippen molar-refractivity contribution in [3.05, 3.63) is 52.5 Å². The van der Waals surface area contributed by atoms with Crippen molar-refractivity contribution in [2.24, 2.45) is 5.92 Å². The van der Waals surface area contributed by atoms with E-state index >= 15 is 0 Å². The SMILES string of the molecule is Cc1ccc(S(=O)(=O)Nc2ccc(N3CCNCC3)c(C(=O)NCC(C)C)c2)cc1Cl.O=C(O)C(F)(F)F. The summed E-state index contributed by atoms with van der Waals surface area (Å²) in [7, 11) is -3.85. The van der Waals surface area contributed by atoms with E-state index in [1.165, 1.54) is 12.1 Å². The molecule has 0 bridgehead atoms. The van der Waals surface area contributed by atoms with Crippen LogP contribution in [0.1, 0.15) is 29.8 Å². The zero-order valence-electron chi connectivity index (χ0n) is 21.0. The number of aryl methyl sites for hydroxylation is 1. The van der Waals surface area contributed by atoms with Gasteiger partial charge in [-0.1, -0.05) is 31.5 Å². The Bertz CT molecular complexity index is 1250. The van der Waals surface area contributed by atoms with Gasteiger partial charge in [-0.05, 0) is 48.7 Å². The van der Waals surface area contributed by atoms with Crippen LogP contribution >= 0.6 is 11.6 Å². The summed E-state index contributed by atoms with van der Waals surface area (Å²) in [5, 5.41) is 13.7. The maximum atomic E-state index is 12.9. The molecule has 0 radical (unpaired) electrons. The summed E-state index contributed by atoms with van der Waals surface area (Å²) in [6.45, 7) is 9.60. The molecule has 1 saturated heterocycles. The Kier molecular flexibility index (Phi) is 10.8. The van der Waals surface area contributed by atoms with E-state index in [2.05, 4.69) is 20.3 Å². The van der Waals surface area contributed by atoms with E-state index in [1.54, 1.807) is 24.3 Å². The number of anilines is 2. The molecule has 0 unspecified atom stereocenters. The molecule has 1 aliphatic rings. The van der Waals surface area contributed by atoms with E-state index in [0.29, 0.717) is 28.7 Å². The van der Waals surface area contributed by atoms with E-state index in [-0.39, 0.29) is 10.8 Å². The first-order valence-corrected chi connectivity index (χ1v) is 13.4. The zero-order chi connectivity index (χ0) is 28.7. The van der Waals surface area contributed by atoms with Crippen LogP contribution in [-0.4, -0.2) is 64.3 Å². The molecule has 2 aromatic carbocycles. The molecule has 2 aromatic rings. The van der Waals surface area contributed by atoms with Crippen molar-refractivity contribution in [2.45, 2.75) is 31.8 Å². The Labute approximate surface area is 224 Å². The molecule has 0 aliphatic carbocycles. The Morgan fingerprint density at radius 3 is 2.26 bits per heavy atom. The fraction of sp³-hybridized carbons (Fsp3) is 0.417. The van der Waals surface area contributed by atoms with E-state index in [9.17, 15) is 26.4 Å². The molecule has 14 heteroatoms. The number of nitrogens with one attached hydrogen (secondary N) is 3. The highest BCUT2D eigenvalue weighted by Gasteiger charge is 2.38. The van der Waals surface area contributed by atoms with Crippen LogP contribution < -0.4 is 20.3 Å². The summed E-state index contributed by atoms with van der Waals surface area (Å²) in [5.41, 5.74) is 2.36. The maximum Gasteiger partial charge on any atom is 0.490 e. The van der Waals surface area contributed by atoms with Crippen molar-refractivity contribution < 1.29 is 36.3 Å². The van der Waals surface area contributed by atoms with Gasteiger partial charge < -0.3 is 20.6 Å². The van der Waals surface area contributed by atoms with Gasteiger partial charge in [-0.3, -0.25) is 9.52 Å². The molecule has 38 heavy (non-hydrogen) atoms. The third-order valence-corrected chi connectivity index (χ3v) is 7.10. The van der Waals surface area contributed by atoms with Gasteiger partial charge in [0, 0.05) is 49.1 Å². The van der Waals surface area contributed by atoms with Crippen LogP contribution in [0, 0.1) is 12.8 Å². The fourth-order valence-corrected chi connectivity index (χ4v) is 4.63. The highest BCUT2D eigenvalue weighted by Crippen LogP contribution is 2.27. The van der Waals surface area contributed by atoms with Crippen LogP contribution in [0.4, 0.5) is 24.5 Å². The third kappa shape index (κ3) is 9.07. The number of alkyl halides is 3. The van der Waals surface area contributed by atoms with Crippen molar-refractivity contribution in [1.29, 1.82) is 0 Å². The molecule has 210 valence electrons. The predicted octanol–water partition coefficient (Wildman–Crippen LogP) is 3.88. The Hall–Kier alpha value is -3.03. The number of rotatable bonds is 7. The summed E-state index contributed by atoms with van der Waals surface area (Å²) >= 11 is 6.10. The van der Waals surface area contributed by atoms with Crippen LogP contribution in [0.3, 0.4) is 0 Å². The highest BCUT2D eigenvalue weighted by molar-refractivity contribution is 7.92. The van der Waals surface area contributed by atoms with Gasteiger partial charge in [0.15, 0.2) is 0 Å². The van der Waals surface area contributed by atoms with E-state index in [1.807, 2.05) is 20.8 Å². The van der Waals surface area contributed by atoms with Crippen molar-refractivity contribution in [3.63, 3.8) is 0 Å². The number of carboxylic acid groups (broad SMARTS) is 1. The second-order valence-corrected chi connectivity index (χ2v) is 11.0. The minimum atomic E-state index is -5.08. The summed E-state index contributed by atoms with van der Waals surface area (Å²) < 4.78 is 60.0. The number of piperazine rings is 1. The summed E-state index contributed by atoms with van der Waals surface area (Å²) in [5.74, 6) is -2.67. The van der Waals surface area contributed by atoms with Gasteiger partial charge in [-0.25, -0.2) is 13.2 Å². The Morgan fingerprint density at radius 1 is 1.13 bits per heavy atom. The molecule has 0 atom stereocenters. The first-order chi connectivity index (χ1) is 17.6. The van der Waals surface area contributed by atoms with Gasteiger partial charge >= 0.3 is 12.1 Å². The van der Waals surface area contributed by atoms with Crippen LogP contribution in [0.2, 0.25) is 5.02 Å². The molecule has 1 fully saturated rings. The van der Waals surface area contributed by atoms with Gasteiger partial charge in [-0.2, -0.15) is 13.2 Å². The molecular formula is C24H30ClF3N4O5S. The van der Waals surface area contributed by atoms with Crippen molar-refractivity contribution in [2.75, 3.05) is 42.3 Å². The minimum Gasteiger partial charge on any atom is -0.475 e. The average Bonchev–Trinajstić information content (AvgIpc) is 2.84. The van der Waals surface area contributed by atoms with E-state index < -0.39 is 22.2 Å². The molecule has 0 saturated carbocycles. The number of amides is 1. The molecule has 4 N–H and O–H groups in total. The molecule has 0 aromatic heterocycles. The van der Waals surface area contributed by atoms with Crippen LogP contribution in [0.5, 0.6) is 0 Å². The molecule has 1 heterocycles. The minimum absolute atomic E-state index is 0.0695. The topological polar surface area (TPSA) is 128 Å². The molecule has 1 amide bonds. The van der Waals surface area contributed by atoms with Gasteiger partial charge in [0.2, 0.25) is 0 Å². The number of halogens is 4. The van der Waals surface area contributed by atoms with Crippen LogP contribution in [-0.2, 0) is 14.8 Å². The number of aliphatic carboxylic acids is 1. The monoisotopic (exact) mass is 578 g/mol. The Balaban J connectivity index is 0.000000638. The lowest BCUT2D eigenvalue weighted by molar-refractivity contribution is -0.192. The summed E-state index contributed by atoms with van der Waals surface area (Å²) in [4.78, 5) is 24.0. The largest absolute Gasteiger partial charge is 0.490 e. The number of sulfonamides is 1. The first-order valence-electron chi connectivity index (χ1n) is 11.6. The smallest absolute Gasteiger partial charge is 0.475 e. The normalized spacial score (nSPS) is 13.9. The van der Waals surface area contributed by atoms with Crippen molar-refractivity contribution in [3.8, 4) is 0 Å². The molecule has 9 nitrogen and oxygen atoms in total. The first kappa shape index (κ1) is 31.2. The lowest BCUT2D eigenvalue weighted by Gasteiger charge is -2.31. The predicted molar refractivity (Wildman–Crippen MR) is 139 cm³/mol.